The van der Waals surface area contributed by atoms with Gasteiger partial charge in [-0.3, -0.25) is 4.79 Å². The molecular weight excluding hydrogens is 158 g/mol. The van der Waals surface area contributed by atoms with Crippen molar-refractivity contribution in [3.63, 3.8) is 0 Å². The highest BCUT2D eigenvalue weighted by atomic mass is 16.5. The molecule has 0 radical (unpaired) electrons. The van der Waals surface area contributed by atoms with Gasteiger partial charge in [0.1, 0.15) is 0 Å². The molecule has 2 N–H and O–H groups in total. The lowest BCUT2D eigenvalue weighted by atomic mass is 10.3. The number of aliphatic hydroxyl groups excluding tert-OH is 1. The maximum Gasteiger partial charge on any atom is 0.306 e. The second kappa shape index (κ2) is 8.49. The summed E-state index contributed by atoms with van der Waals surface area (Å²) in [6.07, 6.45) is 2.17. The highest BCUT2D eigenvalue weighted by Crippen LogP contribution is 1.85. The van der Waals surface area contributed by atoms with Gasteiger partial charge in [-0.1, -0.05) is 0 Å². The van der Waals surface area contributed by atoms with E-state index in [1.54, 1.807) is 0 Å². The smallest absolute Gasteiger partial charge is 0.306 e. The van der Waals surface area contributed by atoms with E-state index in [1.807, 2.05) is 0 Å². The normalized spacial score (nSPS) is 9.83. The van der Waals surface area contributed by atoms with Gasteiger partial charge >= 0.3 is 5.97 Å². The topological polar surface area (TPSA) is 58.6 Å². The molecule has 0 aliphatic carbocycles. The Hall–Kier alpha value is -0.610. The zero-order valence-electron chi connectivity index (χ0n) is 7.51. The molecule has 4 nitrogen and oxygen atoms in total. The number of esters is 1. The van der Waals surface area contributed by atoms with Crippen molar-refractivity contribution < 1.29 is 14.6 Å². The molecule has 12 heavy (non-hydrogen) atoms. The van der Waals surface area contributed by atoms with Gasteiger partial charge in [0.15, 0.2) is 0 Å². The molecule has 0 bridgehead atoms. The lowest BCUT2D eigenvalue weighted by Crippen LogP contribution is -2.20. The van der Waals surface area contributed by atoms with Crippen LogP contribution >= 0.6 is 0 Å². The van der Waals surface area contributed by atoms with Gasteiger partial charge in [-0.25, -0.2) is 0 Å². The molecule has 0 amide bonds. The molecule has 0 atom stereocenters. The van der Waals surface area contributed by atoms with E-state index in [2.05, 4.69) is 10.1 Å². The lowest BCUT2D eigenvalue weighted by Gasteiger charge is -2.02. The number of hydrogen-bond acceptors (Lipinski definition) is 4. The summed E-state index contributed by atoms with van der Waals surface area (Å²) in [6.45, 7) is 1.73. The van der Waals surface area contributed by atoms with E-state index in [-0.39, 0.29) is 12.6 Å². The number of carbonyl (C=O) groups is 1. The minimum absolute atomic E-state index is 0.190. The Kier molecular flexibility index (Phi) is 8.05. The van der Waals surface area contributed by atoms with E-state index in [4.69, 9.17) is 5.11 Å². The molecule has 0 fully saturated rings. The Morgan fingerprint density at radius 3 is 2.75 bits per heavy atom. The molecule has 0 saturated carbocycles. The first-order valence-corrected chi connectivity index (χ1v) is 4.19. The van der Waals surface area contributed by atoms with E-state index in [9.17, 15) is 4.79 Å². The molecule has 0 aromatic heterocycles. The minimum atomic E-state index is -0.190. The van der Waals surface area contributed by atoms with E-state index < -0.39 is 0 Å². The monoisotopic (exact) mass is 175 g/mol. The minimum Gasteiger partial charge on any atom is -0.469 e. The van der Waals surface area contributed by atoms with Crippen LogP contribution in [0.1, 0.15) is 19.3 Å². The largest absolute Gasteiger partial charge is 0.469 e. The van der Waals surface area contributed by atoms with Crippen LogP contribution in [0.15, 0.2) is 0 Å². The molecule has 0 aromatic carbocycles. The second-order valence-electron chi connectivity index (χ2n) is 2.51. The predicted octanol–water partition coefficient (Wildman–Crippen LogP) is -0.0884. The summed E-state index contributed by atoms with van der Waals surface area (Å²) < 4.78 is 4.46. The number of unbranched alkanes of at least 4 members (excludes halogenated alkanes) is 1. The number of rotatable bonds is 7. The van der Waals surface area contributed by atoms with Gasteiger partial charge < -0.3 is 15.2 Å². The molecular formula is C8H17NO3. The zero-order valence-corrected chi connectivity index (χ0v) is 7.51. The van der Waals surface area contributed by atoms with Crippen molar-refractivity contribution in [3.05, 3.63) is 0 Å². The summed E-state index contributed by atoms with van der Waals surface area (Å²) in [6, 6.07) is 0. The van der Waals surface area contributed by atoms with Crippen molar-refractivity contribution in [2.75, 3.05) is 26.8 Å². The van der Waals surface area contributed by atoms with Crippen molar-refractivity contribution in [1.29, 1.82) is 0 Å². The Morgan fingerprint density at radius 2 is 2.17 bits per heavy atom. The standard InChI is InChI=1S/C8H17NO3/c1-12-8(11)4-6-9-5-2-3-7-10/h9-10H,2-7H2,1H3. The van der Waals surface area contributed by atoms with Gasteiger partial charge in [-0.05, 0) is 19.4 Å². The second-order valence-corrected chi connectivity index (χ2v) is 2.51. The SMILES string of the molecule is COC(=O)CCNCCCCO. The molecule has 0 aliphatic heterocycles. The first-order valence-electron chi connectivity index (χ1n) is 4.19. The van der Waals surface area contributed by atoms with Crippen LogP contribution in [0.5, 0.6) is 0 Å². The van der Waals surface area contributed by atoms with Crippen LogP contribution in [0.2, 0.25) is 0 Å². The number of carbonyl (C=O) groups excluding carboxylic acids is 1. The van der Waals surface area contributed by atoms with Crippen LogP contribution in [0.25, 0.3) is 0 Å². The molecule has 0 aromatic rings. The fraction of sp³-hybridized carbons (Fsp3) is 0.875. The van der Waals surface area contributed by atoms with E-state index >= 15 is 0 Å². The first-order chi connectivity index (χ1) is 5.81. The van der Waals surface area contributed by atoms with E-state index in [1.165, 1.54) is 7.11 Å². The van der Waals surface area contributed by atoms with Crippen molar-refractivity contribution in [2.24, 2.45) is 0 Å². The van der Waals surface area contributed by atoms with Crippen LogP contribution in [0.4, 0.5) is 0 Å². The van der Waals surface area contributed by atoms with Crippen molar-refractivity contribution >= 4 is 5.97 Å². The third kappa shape index (κ3) is 7.50. The quantitative estimate of drug-likeness (QED) is 0.419. The molecule has 4 heteroatoms. The highest BCUT2D eigenvalue weighted by molar-refractivity contribution is 5.69. The molecule has 0 saturated heterocycles. The molecule has 72 valence electrons. The van der Waals surface area contributed by atoms with Crippen molar-refractivity contribution in [2.45, 2.75) is 19.3 Å². The van der Waals surface area contributed by atoms with E-state index in [0.29, 0.717) is 13.0 Å². The summed E-state index contributed by atoms with van der Waals surface area (Å²) >= 11 is 0. The van der Waals surface area contributed by atoms with Crippen LogP contribution in [0.3, 0.4) is 0 Å². The Labute approximate surface area is 72.9 Å². The Bertz CT molecular complexity index is 117. The summed E-state index contributed by atoms with van der Waals surface area (Å²) in [5.41, 5.74) is 0. The predicted molar refractivity (Wildman–Crippen MR) is 45.8 cm³/mol. The maximum absolute atomic E-state index is 10.6. The number of aliphatic hydroxyl groups is 1. The average molecular weight is 175 g/mol. The fourth-order valence-corrected chi connectivity index (χ4v) is 0.779. The average Bonchev–Trinajstić information content (AvgIpc) is 2.10. The van der Waals surface area contributed by atoms with Gasteiger partial charge in [0.25, 0.3) is 0 Å². The third-order valence-corrected chi connectivity index (χ3v) is 1.50. The maximum atomic E-state index is 10.6. The summed E-state index contributed by atoms with van der Waals surface area (Å²) in [5, 5.41) is 11.5. The third-order valence-electron chi connectivity index (χ3n) is 1.50. The molecule has 0 heterocycles. The Balaban J connectivity index is 2.95. The van der Waals surface area contributed by atoms with Gasteiger partial charge in [-0.15, -0.1) is 0 Å². The van der Waals surface area contributed by atoms with Crippen LogP contribution in [-0.4, -0.2) is 37.9 Å². The highest BCUT2D eigenvalue weighted by Gasteiger charge is 1.97. The fourth-order valence-electron chi connectivity index (χ4n) is 0.779. The van der Waals surface area contributed by atoms with Crippen LogP contribution in [0, 0.1) is 0 Å². The van der Waals surface area contributed by atoms with Gasteiger partial charge in [0, 0.05) is 13.2 Å². The van der Waals surface area contributed by atoms with Crippen molar-refractivity contribution in [1.82, 2.24) is 5.32 Å². The van der Waals surface area contributed by atoms with Crippen LogP contribution < -0.4 is 5.32 Å². The first kappa shape index (κ1) is 11.4. The van der Waals surface area contributed by atoms with E-state index in [0.717, 1.165) is 19.4 Å². The molecule has 0 aliphatic rings. The molecule has 0 unspecified atom stereocenters. The van der Waals surface area contributed by atoms with Gasteiger partial charge in [-0.2, -0.15) is 0 Å². The zero-order chi connectivity index (χ0) is 9.23. The summed E-state index contributed by atoms with van der Waals surface area (Å²) in [7, 11) is 1.38. The number of nitrogens with one attached hydrogen (secondary N) is 1. The molecule has 0 rings (SSSR count). The number of methoxy groups -OCH3 is 1. The Morgan fingerprint density at radius 1 is 1.42 bits per heavy atom. The lowest BCUT2D eigenvalue weighted by molar-refractivity contribution is -0.140. The molecule has 0 spiro atoms. The summed E-state index contributed by atoms with van der Waals surface area (Å²) in [4.78, 5) is 10.6. The van der Waals surface area contributed by atoms with Gasteiger partial charge in [0.2, 0.25) is 0 Å². The van der Waals surface area contributed by atoms with Crippen molar-refractivity contribution in [3.8, 4) is 0 Å². The van der Waals surface area contributed by atoms with Gasteiger partial charge in [0.05, 0.1) is 13.5 Å². The van der Waals surface area contributed by atoms with Crippen LogP contribution in [-0.2, 0) is 9.53 Å². The summed E-state index contributed by atoms with van der Waals surface area (Å²) in [5.74, 6) is -0.190. The number of ether oxygens (including phenoxy) is 1. The number of hydrogen-bond donors (Lipinski definition) is 2.